The number of nitrogens with zero attached hydrogens (tertiary/aromatic N) is 2. The van der Waals surface area contributed by atoms with E-state index in [0.29, 0.717) is 0 Å². The number of aryl methyl sites for hydroxylation is 1. The summed E-state index contributed by atoms with van der Waals surface area (Å²) in [6.07, 6.45) is 4.04. The van der Waals surface area contributed by atoms with Crippen molar-refractivity contribution in [3.05, 3.63) is 23.3 Å². The molecule has 0 aromatic carbocycles. The van der Waals surface area contributed by atoms with Gasteiger partial charge in [0, 0.05) is 11.4 Å². The molecule has 4 nitrogen and oxygen atoms in total. The molecule has 0 bridgehead atoms. The molecule has 0 radical (unpaired) electrons. The summed E-state index contributed by atoms with van der Waals surface area (Å²) in [4.78, 5) is 8.18. The number of H-pyrrole nitrogens is 2. The lowest BCUT2D eigenvalue weighted by Crippen LogP contribution is -2.20. The minimum absolute atomic E-state index is 0.726. The van der Waals surface area contributed by atoms with Crippen LogP contribution in [0.25, 0.3) is 11.4 Å². The van der Waals surface area contributed by atoms with Gasteiger partial charge in [-0.05, 0) is 31.6 Å². The lowest BCUT2D eigenvalue weighted by Gasteiger charge is -2.24. The molecular weight excluding hydrogens is 212 g/mol. The molecule has 1 aliphatic rings. The lowest BCUT2D eigenvalue weighted by atomic mass is 9.82. The Hall–Kier alpha value is -1.58. The Bertz CT molecular complexity index is 510. The average molecular weight is 230 g/mol. The summed E-state index contributed by atoms with van der Waals surface area (Å²) in [5.41, 5.74) is 4.70. The maximum Gasteiger partial charge on any atom is 0.141 e. The smallest absolute Gasteiger partial charge is 0.141 e. The Balaban J connectivity index is 2.01. The lowest BCUT2D eigenvalue weighted by molar-refractivity contribution is 0.355. The monoisotopic (exact) mass is 230 g/mol. The van der Waals surface area contributed by atoms with E-state index in [1.807, 2.05) is 13.1 Å². The molecule has 2 unspecified atom stereocenters. The SMILES string of the molecule is Cc1[nH]ncc1-c1nc2c([nH]1)CC(C)C(C)C2. The van der Waals surface area contributed by atoms with Gasteiger partial charge in [0.1, 0.15) is 5.82 Å². The zero-order valence-corrected chi connectivity index (χ0v) is 10.5. The summed E-state index contributed by atoms with van der Waals surface area (Å²) in [7, 11) is 0. The summed E-state index contributed by atoms with van der Waals surface area (Å²) in [6.45, 7) is 6.65. The second-order valence-corrected chi connectivity index (χ2v) is 5.28. The van der Waals surface area contributed by atoms with Crippen LogP contribution >= 0.6 is 0 Å². The molecule has 2 N–H and O–H groups in total. The summed E-state index contributed by atoms with van der Waals surface area (Å²) in [6, 6.07) is 0. The summed E-state index contributed by atoms with van der Waals surface area (Å²) < 4.78 is 0. The van der Waals surface area contributed by atoms with Crippen molar-refractivity contribution >= 4 is 0 Å². The highest BCUT2D eigenvalue weighted by Gasteiger charge is 2.25. The fourth-order valence-electron chi connectivity index (χ4n) is 2.53. The highest BCUT2D eigenvalue weighted by Crippen LogP contribution is 2.30. The molecule has 0 saturated carbocycles. The van der Waals surface area contributed by atoms with Crippen molar-refractivity contribution in [3.8, 4) is 11.4 Å². The molecule has 2 aromatic heterocycles. The molecule has 2 aromatic rings. The van der Waals surface area contributed by atoms with Crippen molar-refractivity contribution in [2.24, 2.45) is 11.8 Å². The fraction of sp³-hybridized carbons (Fsp3) is 0.538. The third-order valence-corrected chi connectivity index (χ3v) is 3.96. The first-order chi connectivity index (χ1) is 8.15. The van der Waals surface area contributed by atoms with Crippen LogP contribution in [-0.4, -0.2) is 20.2 Å². The van der Waals surface area contributed by atoms with Crippen LogP contribution < -0.4 is 0 Å². The second-order valence-electron chi connectivity index (χ2n) is 5.28. The van der Waals surface area contributed by atoms with Gasteiger partial charge in [0.25, 0.3) is 0 Å². The Morgan fingerprint density at radius 2 is 2.00 bits per heavy atom. The molecule has 4 heteroatoms. The standard InChI is InChI=1S/C13H18N4/c1-7-4-11-12(5-8(7)2)16-13(15-11)10-6-14-17-9(10)3/h6-8H,4-5H2,1-3H3,(H,14,17)(H,15,16). The van der Waals surface area contributed by atoms with Gasteiger partial charge in [-0.25, -0.2) is 4.98 Å². The molecule has 0 aliphatic heterocycles. The van der Waals surface area contributed by atoms with E-state index in [9.17, 15) is 0 Å². The number of aromatic amines is 2. The maximum absolute atomic E-state index is 4.72. The van der Waals surface area contributed by atoms with Crippen molar-refractivity contribution < 1.29 is 0 Å². The fourth-order valence-corrected chi connectivity index (χ4v) is 2.53. The summed E-state index contributed by atoms with van der Waals surface area (Å²) in [5, 5.41) is 7.00. The normalized spacial score (nSPS) is 23.7. The first-order valence-electron chi connectivity index (χ1n) is 6.23. The zero-order valence-electron chi connectivity index (χ0n) is 10.5. The van der Waals surface area contributed by atoms with Gasteiger partial charge in [-0.3, -0.25) is 5.10 Å². The Morgan fingerprint density at radius 3 is 2.71 bits per heavy atom. The second kappa shape index (κ2) is 3.72. The number of rotatable bonds is 1. The molecule has 0 saturated heterocycles. The van der Waals surface area contributed by atoms with Crippen LogP contribution in [0.3, 0.4) is 0 Å². The molecule has 0 amide bonds. The molecule has 2 atom stereocenters. The van der Waals surface area contributed by atoms with Crippen molar-refractivity contribution in [1.29, 1.82) is 0 Å². The number of imidazole rings is 1. The van der Waals surface area contributed by atoms with Crippen molar-refractivity contribution in [2.45, 2.75) is 33.6 Å². The first-order valence-corrected chi connectivity index (χ1v) is 6.23. The van der Waals surface area contributed by atoms with E-state index >= 15 is 0 Å². The van der Waals surface area contributed by atoms with Gasteiger partial charge in [0.05, 0.1) is 17.5 Å². The number of fused-ring (bicyclic) bond motifs is 1. The quantitative estimate of drug-likeness (QED) is 0.790. The van der Waals surface area contributed by atoms with Crippen molar-refractivity contribution in [2.75, 3.05) is 0 Å². The van der Waals surface area contributed by atoms with E-state index < -0.39 is 0 Å². The molecule has 90 valence electrons. The summed E-state index contributed by atoms with van der Waals surface area (Å²) in [5.74, 6) is 2.42. The largest absolute Gasteiger partial charge is 0.342 e. The van der Waals surface area contributed by atoms with E-state index in [4.69, 9.17) is 4.98 Å². The summed E-state index contributed by atoms with van der Waals surface area (Å²) >= 11 is 0. The molecular formula is C13H18N4. The highest BCUT2D eigenvalue weighted by molar-refractivity contribution is 5.57. The number of nitrogens with one attached hydrogen (secondary N) is 2. The van der Waals surface area contributed by atoms with Gasteiger partial charge < -0.3 is 4.98 Å². The van der Waals surface area contributed by atoms with Crippen LogP contribution in [0.1, 0.15) is 30.9 Å². The molecule has 0 fully saturated rings. The predicted octanol–water partition coefficient (Wildman–Crippen LogP) is 2.48. The third-order valence-electron chi connectivity index (χ3n) is 3.96. The number of hydrogen-bond donors (Lipinski definition) is 2. The maximum atomic E-state index is 4.72. The van der Waals surface area contributed by atoms with E-state index in [1.54, 1.807) is 0 Å². The van der Waals surface area contributed by atoms with Gasteiger partial charge in [0.15, 0.2) is 0 Å². The molecule has 1 aliphatic carbocycles. The minimum Gasteiger partial charge on any atom is -0.342 e. The van der Waals surface area contributed by atoms with Crippen LogP contribution in [0.2, 0.25) is 0 Å². The van der Waals surface area contributed by atoms with Crippen LogP contribution in [-0.2, 0) is 12.8 Å². The molecule has 3 rings (SSSR count). The van der Waals surface area contributed by atoms with Gasteiger partial charge in [-0.15, -0.1) is 0 Å². The molecule has 17 heavy (non-hydrogen) atoms. The van der Waals surface area contributed by atoms with Crippen LogP contribution in [0.4, 0.5) is 0 Å². The van der Waals surface area contributed by atoms with Crippen LogP contribution in [0, 0.1) is 18.8 Å². The first kappa shape index (κ1) is 10.6. The Morgan fingerprint density at radius 1 is 1.24 bits per heavy atom. The zero-order chi connectivity index (χ0) is 12.0. The van der Waals surface area contributed by atoms with Gasteiger partial charge >= 0.3 is 0 Å². The van der Waals surface area contributed by atoms with Crippen molar-refractivity contribution in [1.82, 2.24) is 20.2 Å². The molecule has 2 heterocycles. The van der Waals surface area contributed by atoms with Gasteiger partial charge in [0.2, 0.25) is 0 Å². The van der Waals surface area contributed by atoms with Gasteiger partial charge in [-0.1, -0.05) is 13.8 Å². The van der Waals surface area contributed by atoms with E-state index in [2.05, 4.69) is 29.0 Å². The van der Waals surface area contributed by atoms with E-state index in [-0.39, 0.29) is 0 Å². The topological polar surface area (TPSA) is 57.4 Å². The highest BCUT2D eigenvalue weighted by atomic mass is 15.1. The van der Waals surface area contributed by atoms with E-state index in [1.165, 1.54) is 11.4 Å². The minimum atomic E-state index is 0.726. The molecule has 0 spiro atoms. The van der Waals surface area contributed by atoms with E-state index in [0.717, 1.165) is 41.8 Å². The van der Waals surface area contributed by atoms with Gasteiger partial charge in [-0.2, -0.15) is 5.10 Å². The van der Waals surface area contributed by atoms with Crippen LogP contribution in [0.15, 0.2) is 6.20 Å². The number of aromatic nitrogens is 4. The Labute approximate surface area is 101 Å². The van der Waals surface area contributed by atoms with Crippen LogP contribution in [0.5, 0.6) is 0 Å². The predicted molar refractivity (Wildman–Crippen MR) is 66.6 cm³/mol. The average Bonchev–Trinajstić information content (AvgIpc) is 2.85. The third kappa shape index (κ3) is 1.68. The number of hydrogen-bond acceptors (Lipinski definition) is 2. The van der Waals surface area contributed by atoms with Crippen molar-refractivity contribution in [3.63, 3.8) is 0 Å². The Kier molecular flexibility index (Phi) is 2.31.